The highest BCUT2D eigenvalue weighted by Gasteiger charge is 2.47. The normalized spacial score (nSPS) is 12.7. The van der Waals surface area contributed by atoms with E-state index in [1.807, 2.05) is 0 Å². The average molecular weight is 287 g/mol. The number of benzene rings is 1. The van der Waals surface area contributed by atoms with Gasteiger partial charge in [0.2, 0.25) is 0 Å². The second-order valence-electron chi connectivity index (χ2n) is 3.99. The molecule has 7 heteroatoms. The van der Waals surface area contributed by atoms with Crippen LogP contribution in [0.4, 0.5) is 8.78 Å². The molecular formula is C13H15F2NO4. The summed E-state index contributed by atoms with van der Waals surface area (Å²) in [5.74, 6) is -6.08. The first-order chi connectivity index (χ1) is 9.28. The summed E-state index contributed by atoms with van der Waals surface area (Å²) in [5, 5.41) is 0. The third-order valence-electron chi connectivity index (χ3n) is 2.42. The quantitative estimate of drug-likeness (QED) is 0.660. The van der Waals surface area contributed by atoms with E-state index in [4.69, 9.17) is 10.5 Å². The van der Waals surface area contributed by atoms with Crippen LogP contribution in [-0.4, -0.2) is 24.5 Å². The zero-order chi connectivity index (χ0) is 15.3. The van der Waals surface area contributed by atoms with Crippen molar-refractivity contribution in [2.75, 3.05) is 6.61 Å². The van der Waals surface area contributed by atoms with E-state index >= 15 is 0 Å². The van der Waals surface area contributed by atoms with Gasteiger partial charge in [0, 0.05) is 6.92 Å². The molecule has 2 N–H and O–H groups in total. The van der Waals surface area contributed by atoms with Crippen LogP contribution < -0.4 is 10.5 Å². The van der Waals surface area contributed by atoms with Crippen LogP contribution in [0, 0.1) is 0 Å². The van der Waals surface area contributed by atoms with Crippen LogP contribution >= 0.6 is 0 Å². The third kappa shape index (κ3) is 3.74. The minimum Gasteiger partial charge on any atom is -0.462 e. The number of hydrogen-bond acceptors (Lipinski definition) is 5. The van der Waals surface area contributed by atoms with Gasteiger partial charge in [0.1, 0.15) is 11.8 Å². The molecule has 0 unspecified atom stereocenters. The predicted octanol–water partition coefficient (Wildman–Crippen LogP) is 1.81. The molecule has 0 saturated carbocycles. The first-order valence-electron chi connectivity index (χ1n) is 5.88. The molecule has 0 aliphatic carbocycles. The molecule has 0 heterocycles. The lowest BCUT2D eigenvalue weighted by atomic mass is 10.0. The number of nitrogens with two attached hydrogens (primary N) is 1. The number of esters is 2. The Morgan fingerprint density at radius 1 is 1.40 bits per heavy atom. The monoisotopic (exact) mass is 287 g/mol. The maximum Gasteiger partial charge on any atom is 0.379 e. The highest BCUT2D eigenvalue weighted by molar-refractivity contribution is 5.79. The van der Waals surface area contributed by atoms with Gasteiger partial charge in [-0.1, -0.05) is 12.1 Å². The number of carbonyl (C=O) groups excluding carboxylic acids is 2. The summed E-state index contributed by atoms with van der Waals surface area (Å²) in [5.41, 5.74) is 5.37. The zero-order valence-electron chi connectivity index (χ0n) is 11.1. The number of ether oxygens (including phenoxy) is 2. The Bertz CT molecular complexity index is 505. The summed E-state index contributed by atoms with van der Waals surface area (Å²) in [6.45, 7) is 2.43. The molecule has 0 bridgehead atoms. The van der Waals surface area contributed by atoms with Crippen molar-refractivity contribution in [2.24, 2.45) is 5.73 Å². The van der Waals surface area contributed by atoms with Gasteiger partial charge < -0.3 is 15.2 Å². The second-order valence-corrected chi connectivity index (χ2v) is 3.99. The van der Waals surface area contributed by atoms with Crippen molar-refractivity contribution >= 4 is 11.9 Å². The largest absolute Gasteiger partial charge is 0.462 e. The lowest BCUT2D eigenvalue weighted by Gasteiger charge is -2.22. The van der Waals surface area contributed by atoms with Crippen LogP contribution in [0.25, 0.3) is 0 Å². The lowest BCUT2D eigenvalue weighted by molar-refractivity contribution is -0.174. The smallest absolute Gasteiger partial charge is 0.379 e. The van der Waals surface area contributed by atoms with Gasteiger partial charge in [-0.15, -0.1) is 0 Å². The molecule has 0 aromatic heterocycles. The lowest BCUT2D eigenvalue weighted by Crippen LogP contribution is -2.41. The number of rotatable bonds is 5. The van der Waals surface area contributed by atoms with Gasteiger partial charge in [0.25, 0.3) is 0 Å². The van der Waals surface area contributed by atoms with Crippen LogP contribution in [-0.2, 0) is 14.3 Å². The van der Waals surface area contributed by atoms with E-state index in [0.717, 1.165) is 0 Å². The molecule has 0 saturated heterocycles. The molecule has 110 valence electrons. The van der Waals surface area contributed by atoms with Crippen molar-refractivity contribution in [2.45, 2.75) is 25.8 Å². The molecule has 0 radical (unpaired) electrons. The molecule has 1 aromatic rings. The fourth-order valence-corrected chi connectivity index (χ4v) is 1.50. The highest BCUT2D eigenvalue weighted by atomic mass is 19.3. The van der Waals surface area contributed by atoms with Gasteiger partial charge in [-0.05, 0) is 24.6 Å². The summed E-state index contributed by atoms with van der Waals surface area (Å²) in [4.78, 5) is 22.0. The maximum absolute atomic E-state index is 13.8. The summed E-state index contributed by atoms with van der Waals surface area (Å²) in [7, 11) is 0. The minimum atomic E-state index is -3.87. The van der Waals surface area contributed by atoms with Gasteiger partial charge in [-0.3, -0.25) is 4.79 Å². The van der Waals surface area contributed by atoms with E-state index in [1.54, 1.807) is 0 Å². The van der Waals surface area contributed by atoms with Gasteiger partial charge in [0.05, 0.1) is 6.61 Å². The van der Waals surface area contributed by atoms with Gasteiger partial charge >= 0.3 is 17.9 Å². The van der Waals surface area contributed by atoms with Crippen LogP contribution in [0.3, 0.4) is 0 Å². The fourth-order valence-electron chi connectivity index (χ4n) is 1.50. The maximum atomic E-state index is 13.8. The van der Waals surface area contributed by atoms with Crippen LogP contribution in [0.1, 0.15) is 25.5 Å². The zero-order valence-corrected chi connectivity index (χ0v) is 11.1. The molecule has 1 rings (SSSR count). The third-order valence-corrected chi connectivity index (χ3v) is 2.42. The molecule has 1 aromatic carbocycles. The predicted molar refractivity (Wildman–Crippen MR) is 66.3 cm³/mol. The van der Waals surface area contributed by atoms with Crippen molar-refractivity contribution in [1.29, 1.82) is 0 Å². The van der Waals surface area contributed by atoms with E-state index in [0.29, 0.717) is 0 Å². The number of carbonyl (C=O) groups is 2. The van der Waals surface area contributed by atoms with E-state index in [-0.39, 0.29) is 17.9 Å². The molecule has 0 aliphatic rings. The SMILES string of the molecule is CCOC(=O)C(F)(F)[C@@H](N)c1cccc(OC(C)=O)c1. The Kier molecular flexibility index (Phi) is 5.15. The van der Waals surface area contributed by atoms with Gasteiger partial charge in [-0.2, -0.15) is 8.78 Å². The number of alkyl halides is 2. The Morgan fingerprint density at radius 3 is 2.60 bits per heavy atom. The molecule has 5 nitrogen and oxygen atoms in total. The van der Waals surface area contributed by atoms with Crippen molar-refractivity contribution in [3.8, 4) is 5.75 Å². The van der Waals surface area contributed by atoms with E-state index < -0.39 is 23.9 Å². The summed E-state index contributed by atoms with van der Waals surface area (Å²) in [6, 6.07) is 3.41. The summed E-state index contributed by atoms with van der Waals surface area (Å²) in [6.07, 6.45) is 0. The van der Waals surface area contributed by atoms with E-state index in [9.17, 15) is 18.4 Å². The van der Waals surface area contributed by atoms with Crippen molar-refractivity contribution < 1.29 is 27.8 Å². The first-order valence-corrected chi connectivity index (χ1v) is 5.88. The summed E-state index contributed by atoms with van der Waals surface area (Å²) < 4.78 is 36.6. The van der Waals surface area contributed by atoms with Crippen LogP contribution in [0.2, 0.25) is 0 Å². The molecule has 0 fully saturated rings. The number of hydrogen-bond donors (Lipinski definition) is 1. The first kappa shape index (κ1) is 16.0. The van der Waals surface area contributed by atoms with Gasteiger partial charge in [-0.25, -0.2) is 4.79 Å². The Morgan fingerprint density at radius 2 is 2.05 bits per heavy atom. The van der Waals surface area contributed by atoms with E-state index in [1.165, 1.54) is 38.1 Å². The molecule has 20 heavy (non-hydrogen) atoms. The Labute approximate surface area is 114 Å². The molecule has 1 atom stereocenters. The Balaban J connectivity index is 2.98. The van der Waals surface area contributed by atoms with Crippen molar-refractivity contribution in [3.63, 3.8) is 0 Å². The average Bonchev–Trinajstić information content (AvgIpc) is 2.37. The highest BCUT2D eigenvalue weighted by Crippen LogP contribution is 2.32. The fraction of sp³-hybridized carbons (Fsp3) is 0.385. The molecule has 0 aliphatic heterocycles. The summed E-state index contributed by atoms with van der Waals surface area (Å²) >= 11 is 0. The Hall–Kier alpha value is -2.02. The van der Waals surface area contributed by atoms with Gasteiger partial charge in [0.15, 0.2) is 0 Å². The standard InChI is InChI=1S/C13H15F2NO4/c1-3-19-12(18)13(14,15)11(16)9-5-4-6-10(7-9)20-8(2)17/h4-7,11H,3,16H2,1-2H3/t11-/m0/s1. The van der Waals surface area contributed by atoms with E-state index in [2.05, 4.69) is 4.74 Å². The van der Waals surface area contributed by atoms with Crippen LogP contribution in [0.5, 0.6) is 5.75 Å². The van der Waals surface area contributed by atoms with Crippen LogP contribution in [0.15, 0.2) is 24.3 Å². The minimum absolute atomic E-state index is 0.0400. The van der Waals surface area contributed by atoms with Crippen molar-refractivity contribution in [1.82, 2.24) is 0 Å². The molecule has 0 spiro atoms. The molecular weight excluding hydrogens is 272 g/mol. The molecule has 0 amide bonds. The topological polar surface area (TPSA) is 78.6 Å². The number of halogens is 2. The van der Waals surface area contributed by atoms with Crippen molar-refractivity contribution in [3.05, 3.63) is 29.8 Å². The second kappa shape index (κ2) is 6.42.